The second-order valence-corrected chi connectivity index (χ2v) is 4.52. The van der Waals surface area contributed by atoms with Crippen molar-refractivity contribution in [2.45, 2.75) is 0 Å². The molecule has 0 bridgehead atoms. The van der Waals surface area contributed by atoms with E-state index in [9.17, 15) is 4.79 Å². The van der Waals surface area contributed by atoms with Crippen molar-refractivity contribution in [3.63, 3.8) is 0 Å². The lowest BCUT2D eigenvalue weighted by Crippen LogP contribution is -2.17. The summed E-state index contributed by atoms with van der Waals surface area (Å²) in [5, 5.41) is 1.47. The van der Waals surface area contributed by atoms with Crippen LogP contribution in [0.1, 0.15) is 5.56 Å². The number of aromatic nitrogens is 2. The summed E-state index contributed by atoms with van der Waals surface area (Å²) in [6.45, 7) is 0. The Balaban J connectivity index is 2.15. The van der Waals surface area contributed by atoms with E-state index in [1.54, 1.807) is 36.4 Å². The third kappa shape index (κ3) is 2.23. The maximum absolute atomic E-state index is 12.0. The fourth-order valence-corrected chi connectivity index (χ4v) is 2.10. The van der Waals surface area contributed by atoms with Crippen LogP contribution in [0.4, 0.5) is 5.69 Å². The molecule has 0 saturated heterocycles. The molecule has 0 N–H and O–H groups in total. The Morgan fingerprint density at radius 1 is 1.15 bits per heavy atom. The highest BCUT2D eigenvalue weighted by Gasteiger charge is 2.05. The van der Waals surface area contributed by atoms with Gasteiger partial charge in [-0.25, -0.2) is 0 Å². The first-order valence-electron chi connectivity index (χ1n) is 6.28. The molecule has 0 radical (unpaired) electrons. The van der Waals surface area contributed by atoms with Crippen molar-refractivity contribution >= 4 is 22.7 Å². The van der Waals surface area contributed by atoms with Gasteiger partial charge >= 0.3 is 0 Å². The lowest BCUT2D eigenvalue weighted by atomic mass is 10.1. The number of pyridine rings is 2. The number of benzene rings is 1. The molecule has 2 heterocycles. The summed E-state index contributed by atoms with van der Waals surface area (Å²) in [6.07, 6.45) is 6.84. The van der Waals surface area contributed by atoms with E-state index < -0.39 is 0 Å². The third-order valence-corrected chi connectivity index (χ3v) is 3.12. The summed E-state index contributed by atoms with van der Waals surface area (Å²) < 4.78 is 1.55. The Labute approximate surface area is 116 Å². The number of aliphatic imine (C=N–C) groups is 1. The van der Waals surface area contributed by atoms with Crippen molar-refractivity contribution in [1.82, 2.24) is 9.55 Å². The van der Waals surface area contributed by atoms with Crippen LogP contribution in [0, 0.1) is 0 Å². The number of nitrogens with zero attached hydrogens (tertiary/aromatic N) is 3. The second-order valence-electron chi connectivity index (χ2n) is 4.52. The van der Waals surface area contributed by atoms with E-state index in [1.165, 1.54) is 0 Å². The molecule has 98 valence electrons. The third-order valence-electron chi connectivity index (χ3n) is 3.12. The Morgan fingerprint density at radius 3 is 2.75 bits per heavy atom. The molecule has 0 aliphatic carbocycles. The first-order chi connectivity index (χ1) is 9.75. The molecular weight excluding hydrogens is 250 g/mol. The Bertz CT molecular complexity index is 835. The van der Waals surface area contributed by atoms with Gasteiger partial charge in [0.15, 0.2) is 0 Å². The molecule has 0 unspecified atom stereocenters. The highest BCUT2D eigenvalue weighted by Crippen LogP contribution is 2.14. The Morgan fingerprint density at radius 2 is 1.95 bits per heavy atom. The van der Waals surface area contributed by atoms with Gasteiger partial charge in [0.05, 0.1) is 11.1 Å². The Kier molecular flexibility index (Phi) is 3.13. The monoisotopic (exact) mass is 263 g/mol. The smallest absolute Gasteiger partial charge is 0.259 e. The molecule has 0 saturated carbocycles. The van der Waals surface area contributed by atoms with E-state index in [4.69, 9.17) is 0 Å². The predicted molar refractivity (Wildman–Crippen MR) is 80.7 cm³/mol. The molecule has 4 heteroatoms. The molecule has 2 aromatic heterocycles. The van der Waals surface area contributed by atoms with Crippen LogP contribution in [-0.2, 0) is 7.05 Å². The number of para-hydroxylation sites is 1. The fraction of sp³-hybridized carbons (Fsp3) is 0.0625. The molecule has 0 amide bonds. The van der Waals surface area contributed by atoms with Crippen LogP contribution in [0.15, 0.2) is 64.8 Å². The van der Waals surface area contributed by atoms with Gasteiger partial charge in [-0.05, 0) is 18.2 Å². The van der Waals surface area contributed by atoms with E-state index in [0.29, 0.717) is 5.39 Å². The zero-order valence-corrected chi connectivity index (χ0v) is 11.0. The fourth-order valence-electron chi connectivity index (χ4n) is 2.10. The van der Waals surface area contributed by atoms with Crippen LogP contribution >= 0.6 is 0 Å². The van der Waals surface area contributed by atoms with Gasteiger partial charge in [0.25, 0.3) is 5.56 Å². The first kappa shape index (κ1) is 12.3. The topological polar surface area (TPSA) is 47.2 Å². The molecule has 0 fully saturated rings. The summed E-state index contributed by atoms with van der Waals surface area (Å²) in [4.78, 5) is 20.5. The van der Waals surface area contributed by atoms with Crippen molar-refractivity contribution in [2.75, 3.05) is 0 Å². The summed E-state index contributed by atoms with van der Waals surface area (Å²) in [5.74, 6) is 0. The van der Waals surface area contributed by atoms with Gasteiger partial charge < -0.3 is 4.57 Å². The van der Waals surface area contributed by atoms with E-state index in [0.717, 1.165) is 16.6 Å². The van der Waals surface area contributed by atoms with Gasteiger partial charge in [0, 0.05) is 42.8 Å². The quantitative estimate of drug-likeness (QED) is 0.667. The van der Waals surface area contributed by atoms with Crippen molar-refractivity contribution in [1.29, 1.82) is 0 Å². The van der Waals surface area contributed by atoms with Gasteiger partial charge in [0.2, 0.25) is 0 Å². The highest BCUT2D eigenvalue weighted by molar-refractivity contribution is 5.99. The van der Waals surface area contributed by atoms with Crippen LogP contribution in [0.25, 0.3) is 10.8 Å². The number of aryl methyl sites for hydroxylation is 1. The minimum atomic E-state index is -0.0510. The van der Waals surface area contributed by atoms with E-state index in [1.807, 2.05) is 36.4 Å². The average molecular weight is 263 g/mol. The maximum Gasteiger partial charge on any atom is 0.259 e. The number of rotatable bonds is 2. The molecular formula is C16H13N3O. The van der Waals surface area contributed by atoms with Gasteiger partial charge in [-0.3, -0.25) is 14.8 Å². The zero-order valence-electron chi connectivity index (χ0n) is 11.0. The second kappa shape index (κ2) is 5.09. The van der Waals surface area contributed by atoms with Crippen molar-refractivity contribution in [3.05, 3.63) is 70.9 Å². The summed E-state index contributed by atoms with van der Waals surface area (Å²) in [7, 11) is 1.73. The normalized spacial score (nSPS) is 11.2. The lowest BCUT2D eigenvalue weighted by molar-refractivity contribution is 0.871. The number of hydrogen-bond acceptors (Lipinski definition) is 3. The van der Waals surface area contributed by atoms with Crippen LogP contribution in [-0.4, -0.2) is 15.8 Å². The minimum Gasteiger partial charge on any atom is -0.317 e. The molecule has 4 nitrogen and oxygen atoms in total. The van der Waals surface area contributed by atoms with Crippen molar-refractivity contribution in [2.24, 2.45) is 12.0 Å². The van der Waals surface area contributed by atoms with Gasteiger partial charge in [0.1, 0.15) is 0 Å². The van der Waals surface area contributed by atoms with E-state index in [2.05, 4.69) is 9.98 Å². The summed E-state index contributed by atoms with van der Waals surface area (Å²) in [6, 6.07) is 11.5. The molecule has 0 atom stereocenters. The van der Waals surface area contributed by atoms with Crippen LogP contribution in [0.2, 0.25) is 0 Å². The Hall–Kier alpha value is -2.75. The van der Waals surface area contributed by atoms with E-state index >= 15 is 0 Å². The van der Waals surface area contributed by atoms with Gasteiger partial charge in [-0.15, -0.1) is 0 Å². The van der Waals surface area contributed by atoms with Gasteiger partial charge in [-0.2, -0.15) is 0 Å². The predicted octanol–water partition coefficient (Wildman–Crippen LogP) is 2.68. The van der Waals surface area contributed by atoms with Crippen LogP contribution in [0.3, 0.4) is 0 Å². The molecule has 0 spiro atoms. The number of fused-ring (bicyclic) bond motifs is 1. The highest BCUT2D eigenvalue weighted by atomic mass is 16.1. The van der Waals surface area contributed by atoms with Crippen LogP contribution < -0.4 is 5.56 Å². The van der Waals surface area contributed by atoms with Crippen molar-refractivity contribution in [3.8, 4) is 0 Å². The summed E-state index contributed by atoms with van der Waals surface area (Å²) in [5.41, 5.74) is 1.72. The average Bonchev–Trinajstić information content (AvgIpc) is 2.50. The number of hydrogen-bond donors (Lipinski definition) is 0. The molecule has 20 heavy (non-hydrogen) atoms. The minimum absolute atomic E-state index is 0.0510. The van der Waals surface area contributed by atoms with Crippen LogP contribution in [0.5, 0.6) is 0 Å². The zero-order chi connectivity index (χ0) is 13.9. The largest absolute Gasteiger partial charge is 0.317 e. The molecule has 3 rings (SSSR count). The molecule has 3 aromatic rings. The van der Waals surface area contributed by atoms with E-state index in [-0.39, 0.29) is 5.56 Å². The lowest BCUT2D eigenvalue weighted by Gasteiger charge is -2.04. The SMILES string of the molecule is Cn1cc(C=Nc2ccccc2)c2ccncc2c1=O. The summed E-state index contributed by atoms with van der Waals surface area (Å²) >= 11 is 0. The maximum atomic E-state index is 12.0. The first-order valence-corrected chi connectivity index (χ1v) is 6.28. The molecule has 1 aromatic carbocycles. The van der Waals surface area contributed by atoms with Crippen molar-refractivity contribution < 1.29 is 0 Å². The molecule has 0 aliphatic rings. The standard InChI is InChI=1S/C16H13N3O/c1-19-11-12(9-18-13-5-3-2-4-6-13)14-7-8-17-10-15(14)16(19)20/h2-11H,1H3. The molecule has 0 aliphatic heterocycles. The van der Waals surface area contributed by atoms with Gasteiger partial charge in [-0.1, -0.05) is 18.2 Å².